The zero-order valence-corrected chi connectivity index (χ0v) is 18.1. The Morgan fingerprint density at radius 2 is 1.97 bits per heavy atom. The number of likely N-dealkylation sites (N-methyl/N-ethyl adjacent to an activating group) is 1. The maximum Gasteiger partial charge on any atom is 0.239 e. The van der Waals surface area contributed by atoms with Crippen molar-refractivity contribution in [2.75, 3.05) is 18.9 Å². The highest BCUT2D eigenvalue weighted by Crippen LogP contribution is 2.39. The van der Waals surface area contributed by atoms with Crippen LogP contribution < -0.4 is 5.32 Å². The Kier molecular flexibility index (Phi) is 6.11. The normalized spacial score (nSPS) is 13.3. The van der Waals surface area contributed by atoms with Crippen molar-refractivity contribution >= 4 is 28.0 Å². The van der Waals surface area contributed by atoms with Gasteiger partial charge in [-0.2, -0.15) is 0 Å². The van der Waals surface area contributed by atoms with Crippen LogP contribution in [0.4, 0.5) is 5.00 Å². The highest BCUT2D eigenvalue weighted by atomic mass is 32.1. The smallest absolute Gasteiger partial charge is 0.239 e. The van der Waals surface area contributed by atoms with E-state index in [0.29, 0.717) is 22.7 Å². The number of anilines is 1. The Bertz CT molecular complexity index is 1060. The fraction of sp³-hybridized carbons (Fsp3) is 0.348. The van der Waals surface area contributed by atoms with Gasteiger partial charge in [0.15, 0.2) is 5.78 Å². The summed E-state index contributed by atoms with van der Waals surface area (Å²) >= 11 is 1.55. The molecule has 2 heterocycles. The molecule has 7 heteroatoms. The van der Waals surface area contributed by atoms with Gasteiger partial charge in [-0.1, -0.05) is 35.5 Å². The topological polar surface area (TPSA) is 75.4 Å². The summed E-state index contributed by atoms with van der Waals surface area (Å²) in [6.45, 7) is 2.56. The molecule has 156 valence electrons. The van der Waals surface area contributed by atoms with Gasteiger partial charge in [-0.15, -0.1) is 11.3 Å². The molecule has 0 bridgehead atoms. The highest BCUT2D eigenvalue weighted by Gasteiger charge is 2.27. The number of benzene rings is 1. The molecule has 0 fully saturated rings. The van der Waals surface area contributed by atoms with Crippen LogP contribution in [0.3, 0.4) is 0 Å². The van der Waals surface area contributed by atoms with Crippen LogP contribution >= 0.6 is 11.3 Å². The minimum absolute atomic E-state index is 0.0169. The minimum atomic E-state index is -0.140. The van der Waals surface area contributed by atoms with E-state index in [9.17, 15) is 9.59 Å². The van der Waals surface area contributed by atoms with Crippen molar-refractivity contribution in [3.63, 3.8) is 0 Å². The summed E-state index contributed by atoms with van der Waals surface area (Å²) in [5, 5.41) is 7.66. The Morgan fingerprint density at radius 3 is 2.70 bits per heavy atom. The lowest BCUT2D eigenvalue weighted by molar-refractivity contribution is -0.117. The summed E-state index contributed by atoms with van der Waals surface area (Å²) in [5.74, 6) is 0.589. The van der Waals surface area contributed by atoms with E-state index in [1.54, 1.807) is 11.3 Å². The number of nitrogens with one attached hydrogen (secondary N) is 1. The number of thiophene rings is 1. The van der Waals surface area contributed by atoms with Crippen LogP contribution in [0.15, 0.2) is 40.9 Å². The van der Waals surface area contributed by atoms with Gasteiger partial charge >= 0.3 is 0 Å². The number of carbonyl (C=O) groups is 2. The molecular formula is C23H25N3O3S. The van der Waals surface area contributed by atoms with Gasteiger partial charge in [0, 0.05) is 23.1 Å². The molecule has 1 N–H and O–H groups in total. The lowest BCUT2D eigenvalue weighted by Crippen LogP contribution is -2.30. The fourth-order valence-corrected chi connectivity index (χ4v) is 5.17. The standard InChI is InChI=1S/C23H25N3O3S/c1-15-12-17(25-29-15)13-26(2)14-20(27)24-23-21(18-10-6-7-11-19(18)30-23)22(28)16-8-4-3-5-9-16/h3-5,8-9,12H,6-7,10-11,13-14H2,1-2H3,(H,24,27). The zero-order chi connectivity index (χ0) is 21.1. The van der Waals surface area contributed by atoms with Gasteiger partial charge in [-0.25, -0.2) is 0 Å². The number of fused-ring (bicyclic) bond motifs is 1. The second-order valence-electron chi connectivity index (χ2n) is 7.76. The Balaban J connectivity index is 1.52. The third-order valence-electron chi connectivity index (χ3n) is 5.21. The van der Waals surface area contributed by atoms with Crippen LogP contribution in [0.5, 0.6) is 0 Å². The number of nitrogens with zero attached hydrogens (tertiary/aromatic N) is 2. The molecule has 1 amide bonds. The Morgan fingerprint density at radius 1 is 1.20 bits per heavy atom. The average Bonchev–Trinajstić information content (AvgIpc) is 3.30. The van der Waals surface area contributed by atoms with Gasteiger partial charge in [-0.3, -0.25) is 14.5 Å². The molecule has 30 heavy (non-hydrogen) atoms. The average molecular weight is 424 g/mol. The van der Waals surface area contributed by atoms with E-state index in [0.717, 1.165) is 42.7 Å². The fourth-order valence-electron chi connectivity index (χ4n) is 3.86. The molecule has 4 rings (SSSR count). The lowest BCUT2D eigenvalue weighted by Gasteiger charge is -2.15. The first-order valence-electron chi connectivity index (χ1n) is 10.2. The van der Waals surface area contributed by atoms with E-state index in [-0.39, 0.29) is 18.2 Å². The van der Waals surface area contributed by atoms with Crippen molar-refractivity contribution in [3.05, 3.63) is 69.4 Å². The SMILES string of the molecule is Cc1cc(CN(C)CC(=O)Nc2sc3c(c2C(=O)c2ccccc2)CCCC3)no1. The highest BCUT2D eigenvalue weighted by molar-refractivity contribution is 7.17. The first kappa shape index (κ1) is 20.5. The number of aryl methyl sites for hydroxylation is 2. The first-order chi connectivity index (χ1) is 14.5. The molecule has 1 aromatic carbocycles. The number of carbonyl (C=O) groups excluding carboxylic acids is 2. The number of rotatable bonds is 7. The van der Waals surface area contributed by atoms with Gasteiger partial charge in [0.2, 0.25) is 5.91 Å². The monoisotopic (exact) mass is 423 g/mol. The quantitative estimate of drug-likeness (QED) is 0.576. The molecule has 0 radical (unpaired) electrons. The van der Waals surface area contributed by atoms with Crippen molar-refractivity contribution in [2.24, 2.45) is 0 Å². The van der Waals surface area contributed by atoms with E-state index < -0.39 is 0 Å². The summed E-state index contributed by atoms with van der Waals surface area (Å²) in [6, 6.07) is 11.1. The second-order valence-corrected chi connectivity index (χ2v) is 8.86. The molecular weight excluding hydrogens is 398 g/mol. The van der Waals surface area contributed by atoms with Gasteiger partial charge < -0.3 is 9.84 Å². The molecule has 1 aliphatic carbocycles. The third-order valence-corrected chi connectivity index (χ3v) is 6.42. The number of hydrogen-bond acceptors (Lipinski definition) is 6. The molecule has 0 spiro atoms. The van der Waals surface area contributed by atoms with Crippen LogP contribution in [0, 0.1) is 6.92 Å². The molecule has 2 aromatic heterocycles. The third kappa shape index (κ3) is 4.52. The summed E-state index contributed by atoms with van der Waals surface area (Å²) in [7, 11) is 1.86. The van der Waals surface area contributed by atoms with Gasteiger partial charge in [0.1, 0.15) is 10.8 Å². The zero-order valence-electron chi connectivity index (χ0n) is 17.2. The predicted molar refractivity (Wildman–Crippen MR) is 117 cm³/mol. The second kappa shape index (κ2) is 8.93. The molecule has 0 atom stereocenters. The summed E-state index contributed by atoms with van der Waals surface area (Å²) < 4.78 is 5.08. The summed E-state index contributed by atoms with van der Waals surface area (Å²) in [4.78, 5) is 29.1. The molecule has 0 saturated heterocycles. The van der Waals surface area contributed by atoms with Crippen molar-refractivity contribution in [2.45, 2.75) is 39.2 Å². The number of ketones is 1. The van der Waals surface area contributed by atoms with E-state index in [1.807, 2.05) is 55.3 Å². The van der Waals surface area contributed by atoms with Crippen LogP contribution in [0.2, 0.25) is 0 Å². The van der Waals surface area contributed by atoms with Crippen LogP contribution in [-0.2, 0) is 24.2 Å². The Labute approximate surface area is 179 Å². The number of hydrogen-bond donors (Lipinski definition) is 1. The lowest BCUT2D eigenvalue weighted by atomic mass is 9.92. The van der Waals surface area contributed by atoms with Crippen LogP contribution in [0.1, 0.15) is 50.7 Å². The van der Waals surface area contributed by atoms with E-state index in [2.05, 4.69) is 10.5 Å². The Hall–Kier alpha value is -2.77. The summed E-state index contributed by atoms with van der Waals surface area (Å²) in [5.41, 5.74) is 3.22. The van der Waals surface area contributed by atoms with Crippen molar-refractivity contribution in [3.8, 4) is 0 Å². The van der Waals surface area contributed by atoms with Crippen LogP contribution in [-0.4, -0.2) is 35.3 Å². The predicted octanol–water partition coefficient (Wildman–Crippen LogP) is 4.22. The maximum atomic E-state index is 13.3. The van der Waals surface area contributed by atoms with Crippen molar-refractivity contribution in [1.82, 2.24) is 10.1 Å². The molecule has 0 aliphatic heterocycles. The maximum absolute atomic E-state index is 13.3. The number of aromatic nitrogens is 1. The molecule has 6 nitrogen and oxygen atoms in total. The largest absolute Gasteiger partial charge is 0.361 e. The first-order valence-corrected chi connectivity index (χ1v) is 11.0. The van der Waals surface area contributed by atoms with Gasteiger partial charge in [0.25, 0.3) is 0 Å². The van der Waals surface area contributed by atoms with Crippen molar-refractivity contribution in [1.29, 1.82) is 0 Å². The molecule has 0 saturated carbocycles. The van der Waals surface area contributed by atoms with Gasteiger partial charge in [0.05, 0.1) is 17.8 Å². The molecule has 3 aromatic rings. The molecule has 1 aliphatic rings. The molecule has 0 unspecified atom stereocenters. The minimum Gasteiger partial charge on any atom is -0.361 e. The van der Waals surface area contributed by atoms with E-state index in [4.69, 9.17) is 4.52 Å². The van der Waals surface area contributed by atoms with Crippen molar-refractivity contribution < 1.29 is 14.1 Å². The van der Waals surface area contributed by atoms with E-state index in [1.165, 1.54) is 4.88 Å². The number of amides is 1. The van der Waals surface area contributed by atoms with E-state index >= 15 is 0 Å². The summed E-state index contributed by atoms with van der Waals surface area (Å²) in [6.07, 6.45) is 4.06. The van der Waals surface area contributed by atoms with Gasteiger partial charge in [-0.05, 0) is 45.2 Å². The van der Waals surface area contributed by atoms with Crippen LogP contribution in [0.25, 0.3) is 0 Å².